The van der Waals surface area contributed by atoms with Crippen LogP contribution in [0, 0.1) is 13.8 Å². The summed E-state index contributed by atoms with van der Waals surface area (Å²) >= 11 is 0. The lowest BCUT2D eigenvalue weighted by atomic mass is 10.2. The van der Waals surface area contributed by atoms with E-state index in [0.717, 1.165) is 5.69 Å². The Labute approximate surface area is 146 Å². The van der Waals surface area contributed by atoms with E-state index in [2.05, 4.69) is 14.9 Å². The first-order valence-electron chi connectivity index (χ1n) is 7.91. The van der Waals surface area contributed by atoms with Crippen LogP contribution in [-0.2, 0) is 23.5 Å². The van der Waals surface area contributed by atoms with Gasteiger partial charge in [-0.25, -0.2) is 8.42 Å². The number of para-hydroxylation sites is 1. The fraction of sp³-hybridized carbons (Fsp3) is 0.294. The van der Waals surface area contributed by atoms with Crippen LogP contribution in [0.4, 0.5) is 5.69 Å². The summed E-state index contributed by atoms with van der Waals surface area (Å²) in [6, 6.07) is 8.77. The normalized spacial score (nSPS) is 11.7. The maximum absolute atomic E-state index is 13.0. The number of nitrogens with one attached hydrogen (secondary N) is 1. The van der Waals surface area contributed by atoms with Crippen LogP contribution in [-0.4, -0.2) is 23.1 Å². The fourth-order valence-corrected chi connectivity index (χ4v) is 4.29. The Morgan fingerprint density at radius 1 is 1.16 bits per heavy atom. The monoisotopic (exact) mass is 360 g/mol. The highest BCUT2D eigenvalue weighted by Crippen LogP contribution is 2.35. The van der Waals surface area contributed by atoms with Crippen LogP contribution in [0.1, 0.15) is 24.1 Å². The second-order valence-electron chi connectivity index (χ2n) is 5.77. The minimum Gasteiger partial charge on any atom is -0.350 e. The first-order valence-corrected chi connectivity index (χ1v) is 9.40. The average Bonchev–Trinajstić information content (AvgIpc) is 3.14. The van der Waals surface area contributed by atoms with Crippen molar-refractivity contribution in [3.8, 4) is 11.5 Å². The number of sulfonamides is 1. The molecule has 0 unspecified atom stereocenters. The van der Waals surface area contributed by atoms with Crippen molar-refractivity contribution in [2.45, 2.75) is 32.1 Å². The quantitative estimate of drug-likeness (QED) is 0.755. The van der Waals surface area contributed by atoms with Gasteiger partial charge in [-0.05, 0) is 26.0 Å². The first kappa shape index (κ1) is 17.2. The van der Waals surface area contributed by atoms with Crippen molar-refractivity contribution >= 4 is 15.7 Å². The standard InChI is InChI=1S/C17H20N4O3S/c1-5-14-18-17(24-19-14)15-11(2)21(4)12(3)16(15)25(22,23)20-13-9-7-6-8-10-13/h6-10,20H,5H2,1-4H3. The van der Waals surface area contributed by atoms with Crippen molar-refractivity contribution < 1.29 is 12.9 Å². The Bertz CT molecular complexity index is 1000. The lowest BCUT2D eigenvalue weighted by Gasteiger charge is -2.09. The van der Waals surface area contributed by atoms with Crippen LogP contribution in [0.25, 0.3) is 11.5 Å². The second-order valence-corrected chi connectivity index (χ2v) is 7.39. The maximum Gasteiger partial charge on any atom is 0.264 e. The predicted molar refractivity (Wildman–Crippen MR) is 94.8 cm³/mol. The smallest absolute Gasteiger partial charge is 0.264 e. The van der Waals surface area contributed by atoms with E-state index in [1.54, 1.807) is 31.2 Å². The van der Waals surface area contributed by atoms with Gasteiger partial charge in [0.25, 0.3) is 15.9 Å². The van der Waals surface area contributed by atoms with Crippen LogP contribution in [0.2, 0.25) is 0 Å². The van der Waals surface area contributed by atoms with Crippen LogP contribution in [0.3, 0.4) is 0 Å². The summed E-state index contributed by atoms with van der Waals surface area (Å²) in [6.07, 6.45) is 0.610. The summed E-state index contributed by atoms with van der Waals surface area (Å²) in [5.41, 5.74) is 2.29. The average molecular weight is 360 g/mol. The van der Waals surface area contributed by atoms with Gasteiger partial charge in [0.1, 0.15) is 4.90 Å². The zero-order chi connectivity index (χ0) is 18.2. The molecule has 0 aliphatic rings. The van der Waals surface area contributed by atoms with E-state index in [-0.39, 0.29) is 10.8 Å². The third kappa shape index (κ3) is 3.05. The molecule has 3 aromatic rings. The second kappa shape index (κ2) is 6.36. The van der Waals surface area contributed by atoms with Crippen LogP contribution in [0.5, 0.6) is 0 Å². The van der Waals surface area contributed by atoms with Gasteiger partial charge in [0.05, 0.1) is 5.56 Å². The molecule has 0 spiro atoms. The third-order valence-corrected chi connectivity index (χ3v) is 5.76. The molecule has 2 heterocycles. The summed E-state index contributed by atoms with van der Waals surface area (Å²) < 4.78 is 35.8. The Kier molecular flexibility index (Phi) is 4.38. The van der Waals surface area contributed by atoms with Gasteiger partial charge in [-0.1, -0.05) is 30.3 Å². The number of aryl methyl sites for hydroxylation is 1. The van der Waals surface area contributed by atoms with Crippen molar-refractivity contribution in [1.29, 1.82) is 0 Å². The molecule has 132 valence electrons. The zero-order valence-corrected chi connectivity index (χ0v) is 15.4. The van der Waals surface area contributed by atoms with Gasteiger partial charge in [0.15, 0.2) is 5.82 Å². The van der Waals surface area contributed by atoms with Gasteiger partial charge in [0.2, 0.25) is 0 Å². The molecule has 0 radical (unpaired) electrons. The van der Waals surface area contributed by atoms with E-state index in [0.29, 0.717) is 29.2 Å². The molecule has 2 aromatic heterocycles. The fourth-order valence-electron chi connectivity index (χ4n) is 2.71. The van der Waals surface area contributed by atoms with Gasteiger partial charge in [-0.2, -0.15) is 4.98 Å². The highest BCUT2D eigenvalue weighted by atomic mass is 32.2. The topological polar surface area (TPSA) is 90.0 Å². The number of aromatic nitrogens is 3. The van der Waals surface area contributed by atoms with Crippen molar-refractivity contribution in [2.24, 2.45) is 7.05 Å². The predicted octanol–water partition coefficient (Wildman–Crippen LogP) is 3.06. The third-order valence-electron chi connectivity index (χ3n) is 4.22. The molecule has 1 N–H and O–H groups in total. The highest BCUT2D eigenvalue weighted by Gasteiger charge is 2.30. The number of hydrogen-bond acceptors (Lipinski definition) is 5. The summed E-state index contributed by atoms with van der Waals surface area (Å²) in [5, 5.41) is 3.89. The largest absolute Gasteiger partial charge is 0.350 e. The molecule has 0 aliphatic carbocycles. The molecule has 8 heteroatoms. The van der Waals surface area contributed by atoms with E-state index in [1.807, 2.05) is 31.5 Å². The Morgan fingerprint density at radius 3 is 2.44 bits per heavy atom. The van der Waals surface area contributed by atoms with Gasteiger partial charge in [0, 0.05) is 30.5 Å². The Balaban J connectivity index is 2.17. The molecule has 0 atom stereocenters. The van der Waals surface area contributed by atoms with Gasteiger partial charge >= 0.3 is 0 Å². The SMILES string of the molecule is CCc1noc(-c2c(S(=O)(=O)Nc3ccccc3)c(C)n(C)c2C)n1. The molecule has 0 aliphatic heterocycles. The minimum atomic E-state index is -3.82. The van der Waals surface area contributed by atoms with E-state index in [1.165, 1.54) is 0 Å². The molecule has 1 aromatic carbocycles. The minimum absolute atomic E-state index is 0.155. The molecule has 0 bridgehead atoms. The number of rotatable bonds is 5. The molecule has 0 saturated carbocycles. The summed E-state index contributed by atoms with van der Waals surface area (Å²) in [7, 11) is -2.01. The van der Waals surface area contributed by atoms with Crippen LogP contribution >= 0.6 is 0 Å². The van der Waals surface area contributed by atoms with Crippen molar-refractivity contribution in [3.63, 3.8) is 0 Å². The maximum atomic E-state index is 13.0. The van der Waals surface area contributed by atoms with Crippen molar-refractivity contribution in [2.75, 3.05) is 4.72 Å². The molecule has 0 fully saturated rings. The van der Waals surface area contributed by atoms with Crippen LogP contribution in [0.15, 0.2) is 39.8 Å². The summed E-state index contributed by atoms with van der Waals surface area (Å²) in [4.78, 5) is 4.47. The van der Waals surface area contributed by atoms with E-state index < -0.39 is 10.0 Å². The van der Waals surface area contributed by atoms with E-state index in [9.17, 15) is 8.42 Å². The van der Waals surface area contributed by atoms with Gasteiger partial charge in [-0.15, -0.1) is 0 Å². The van der Waals surface area contributed by atoms with Crippen molar-refractivity contribution in [3.05, 3.63) is 47.5 Å². The molecule has 0 saturated heterocycles. The van der Waals surface area contributed by atoms with Gasteiger partial charge in [-0.3, -0.25) is 4.72 Å². The first-order chi connectivity index (χ1) is 11.8. The number of nitrogens with zero attached hydrogens (tertiary/aromatic N) is 3. The Morgan fingerprint density at radius 2 is 1.84 bits per heavy atom. The number of hydrogen-bond donors (Lipinski definition) is 1. The molecular weight excluding hydrogens is 340 g/mol. The highest BCUT2D eigenvalue weighted by molar-refractivity contribution is 7.93. The zero-order valence-electron chi connectivity index (χ0n) is 14.6. The number of anilines is 1. The molecule has 0 amide bonds. The van der Waals surface area contributed by atoms with Crippen LogP contribution < -0.4 is 4.72 Å². The van der Waals surface area contributed by atoms with Crippen molar-refractivity contribution in [1.82, 2.24) is 14.7 Å². The molecule has 7 nitrogen and oxygen atoms in total. The summed E-state index contributed by atoms with van der Waals surface area (Å²) in [6.45, 7) is 5.50. The summed E-state index contributed by atoms with van der Waals surface area (Å²) in [5.74, 6) is 0.752. The van der Waals surface area contributed by atoms with E-state index >= 15 is 0 Å². The molecule has 3 rings (SSSR count). The van der Waals surface area contributed by atoms with E-state index in [4.69, 9.17) is 4.52 Å². The molecule has 25 heavy (non-hydrogen) atoms. The Hall–Kier alpha value is -2.61. The lowest BCUT2D eigenvalue weighted by molar-refractivity contribution is 0.422. The van der Waals surface area contributed by atoms with Gasteiger partial charge < -0.3 is 9.09 Å². The lowest BCUT2D eigenvalue weighted by Crippen LogP contribution is -2.14. The number of benzene rings is 1. The molecular formula is C17H20N4O3S.